The fourth-order valence-electron chi connectivity index (χ4n) is 1.08. The molecule has 7 heavy (non-hydrogen) atoms. The third-order valence-electron chi connectivity index (χ3n) is 1.57. The van der Waals surface area contributed by atoms with Crippen LogP contribution < -0.4 is 0 Å². The van der Waals surface area contributed by atoms with E-state index in [-0.39, 0.29) is 0 Å². The molecule has 0 bridgehead atoms. The van der Waals surface area contributed by atoms with E-state index in [1.165, 1.54) is 25.7 Å². The van der Waals surface area contributed by atoms with Gasteiger partial charge < -0.3 is 0 Å². The molecule has 0 saturated carbocycles. The van der Waals surface area contributed by atoms with Gasteiger partial charge in [-0.2, -0.15) is 0 Å². The molecule has 1 heteroatoms. The summed E-state index contributed by atoms with van der Waals surface area (Å²) in [5.74, 6) is 0. The number of allylic oxidation sites excluding steroid dienone is 2. The molecule has 0 radical (unpaired) electrons. The smallest absolute Gasteiger partial charge is 0.000682 e. The molecule has 0 atom stereocenters. The number of thioether (sulfide) groups is 1. The van der Waals surface area contributed by atoms with Crippen LogP contribution in [-0.2, 0) is 0 Å². The van der Waals surface area contributed by atoms with Gasteiger partial charge in [0.15, 0.2) is 0 Å². The van der Waals surface area contributed by atoms with Crippen molar-refractivity contribution in [2.45, 2.75) is 25.7 Å². The van der Waals surface area contributed by atoms with Crippen molar-refractivity contribution in [3.63, 3.8) is 0 Å². The molecule has 0 fully saturated rings. The van der Waals surface area contributed by atoms with Crippen LogP contribution in [0.5, 0.6) is 0 Å². The molecule has 38 valence electrons. The largest absolute Gasteiger partial charge is 0.0973 e. The molecule has 0 unspecified atom stereocenters. The second-order valence-electron chi connectivity index (χ2n) is 2.16. The Morgan fingerprint density at radius 3 is 2.00 bits per heavy atom. The standard InChI is InChI=1S/C6H8S/c1-2-4-6-5(3-1)7-6/h1-4H2. The quantitative estimate of drug-likeness (QED) is 0.464. The second kappa shape index (κ2) is 1.28. The van der Waals surface area contributed by atoms with Gasteiger partial charge in [-0.25, -0.2) is 0 Å². The highest BCUT2D eigenvalue weighted by Crippen LogP contribution is 2.53. The lowest BCUT2D eigenvalue weighted by Gasteiger charge is -1.94. The van der Waals surface area contributed by atoms with E-state index in [2.05, 4.69) is 0 Å². The van der Waals surface area contributed by atoms with Gasteiger partial charge in [-0.05, 0) is 35.5 Å². The van der Waals surface area contributed by atoms with Crippen molar-refractivity contribution in [3.05, 3.63) is 9.81 Å². The van der Waals surface area contributed by atoms with E-state index in [1.54, 1.807) is 9.81 Å². The summed E-state index contributed by atoms with van der Waals surface area (Å²) in [5, 5.41) is 0. The molecule has 0 aromatic heterocycles. The molecule has 0 aromatic rings. The van der Waals surface area contributed by atoms with Gasteiger partial charge in [0.1, 0.15) is 0 Å². The SMILES string of the molecule is C1CCC2=C(C1)S2. The lowest BCUT2D eigenvalue weighted by molar-refractivity contribution is 0.730. The first-order chi connectivity index (χ1) is 3.47. The third kappa shape index (κ3) is 0.595. The van der Waals surface area contributed by atoms with Crippen molar-refractivity contribution in [2.75, 3.05) is 0 Å². The molecule has 0 nitrogen and oxygen atoms in total. The third-order valence-corrected chi connectivity index (χ3v) is 2.76. The Morgan fingerprint density at radius 1 is 1.00 bits per heavy atom. The Balaban J connectivity index is 2.15. The molecule has 0 saturated heterocycles. The summed E-state index contributed by atoms with van der Waals surface area (Å²) >= 11 is 2.03. The van der Waals surface area contributed by atoms with Gasteiger partial charge in [0, 0.05) is 0 Å². The van der Waals surface area contributed by atoms with Crippen LogP contribution >= 0.6 is 11.8 Å². The van der Waals surface area contributed by atoms with Crippen LogP contribution in [0.15, 0.2) is 9.81 Å². The predicted octanol–water partition coefficient (Wildman–Crippen LogP) is 2.52. The molecule has 2 aliphatic rings. The van der Waals surface area contributed by atoms with E-state index in [4.69, 9.17) is 0 Å². The van der Waals surface area contributed by atoms with Gasteiger partial charge in [-0.15, -0.1) is 0 Å². The topological polar surface area (TPSA) is 0 Å². The fraction of sp³-hybridized carbons (Fsp3) is 0.667. The minimum absolute atomic E-state index is 1.40. The summed E-state index contributed by atoms with van der Waals surface area (Å²) in [6.45, 7) is 0. The van der Waals surface area contributed by atoms with Crippen LogP contribution in [0.4, 0.5) is 0 Å². The van der Waals surface area contributed by atoms with E-state index >= 15 is 0 Å². The zero-order chi connectivity index (χ0) is 4.69. The Labute approximate surface area is 48.0 Å². The van der Waals surface area contributed by atoms with Gasteiger partial charge in [0.05, 0.1) is 0 Å². The molecule has 0 amide bonds. The fourth-order valence-corrected chi connectivity index (χ4v) is 2.02. The molecule has 0 aromatic carbocycles. The van der Waals surface area contributed by atoms with Crippen LogP contribution in [-0.4, -0.2) is 0 Å². The second-order valence-corrected chi connectivity index (χ2v) is 3.35. The van der Waals surface area contributed by atoms with E-state index in [0.29, 0.717) is 0 Å². The molecule has 0 N–H and O–H groups in total. The molecular weight excluding hydrogens is 104 g/mol. The van der Waals surface area contributed by atoms with Crippen LogP contribution in [0.1, 0.15) is 25.7 Å². The van der Waals surface area contributed by atoms with Crippen LogP contribution in [0.25, 0.3) is 0 Å². The summed E-state index contributed by atoms with van der Waals surface area (Å²) < 4.78 is 0. The van der Waals surface area contributed by atoms with Gasteiger partial charge in [0.25, 0.3) is 0 Å². The maximum atomic E-state index is 2.03. The van der Waals surface area contributed by atoms with Crippen molar-refractivity contribution in [1.29, 1.82) is 0 Å². The molecule has 0 spiro atoms. The van der Waals surface area contributed by atoms with Gasteiger partial charge in [0.2, 0.25) is 0 Å². The monoisotopic (exact) mass is 112 g/mol. The average Bonchev–Trinajstić information content (AvgIpc) is 2.41. The Morgan fingerprint density at radius 2 is 1.57 bits per heavy atom. The normalized spacial score (nSPS) is 27.4. The number of hydrogen-bond acceptors (Lipinski definition) is 1. The van der Waals surface area contributed by atoms with E-state index in [9.17, 15) is 0 Å². The maximum Gasteiger partial charge on any atom is -0.000682 e. The van der Waals surface area contributed by atoms with Crippen LogP contribution in [0.2, 0.25) is 0 Å². The van der Waals surface area contributed by atoms with Crippen molar-refractivity contribution >= 4 is 11.8 Å². The highest BCUT2D eigenvalue weighted by atomic mass is 32.2. The Bertz CT molecular complexity index is 110. The lowest BCUT2D eigenvalue weighted by atomic mass is 10.1. The van der Waals surface area contributed by atoms with Crippen LogP contribution in [0.3, 0.4) is 0 Å². The van der Waals surface area contributed by atoms with Crippen LogP contribution in [0, 0.1) is 0 Å². The molecule has 1 heterocycles. The van der Waals surface area contributed by atoms with Crippen molar-refractivity contribution in [1.82, 2.24) is 0 Å². The number of rotatable bonds is 0. The molecule has 2 rings (SSSR count). The van der Waals surface area contributed by atoms with Crippen molar-refractivity contribution in [3.8, 4) is 0 Å². The first kappa shape index (κ1) is 4.02. The summed E-state index contributed by atoms with van der Waals surface area (Å²) in [7, 11) is 0. The summed E-state index contributed by atoms with van der Waals surface area (Å²) in [5.41, 5.74) is 0. The first-order valence-corrected chi connectivity index (χ1v) is 3.68. The van der Waals surface area contributed by atoms with Crippen molar-refractivity contribution in [2.24, 2.45) is 0 Å². The minimum atomic E-state index is 1.40. The van der Waals surface area contributed by atoms with E-state index < -0.39 is 0 Å². The highest BCUT2D eigenvalue weighted by molar-refractivity contribution is 8.13. The van der Waals surface area contributed by atoms with E-state index in [0.717, 1.165) is 0 Å². The maximum absolute atomic E-state index is 2.03. The first-order valence-electron chi connectivity index (χ1n) is 2.87. The summed E-state index contributed by atoms with van der Waals surface area (Å²) in [6, 6.07) is 0. The zero-order valence-corrected chi connectivity index (χ0v) is 5.05. The predicted molar refractivity (Wildman–Crippen MR) is 33.1 cm³/mol. The molecular formula is C6H8S. The van der Waals surface area contributed by atoms with Crippen molar-refractivity contribution < 1.29 is 0 Å². The van der Waals surface area contributed by atoms with Gasteiger partial charge in [-0.1, -0.05) is 11.8 Å². The molecule has 1 aliphatic heterocycles. The number of hydrogen-bond donors (Lipinski definition) is 0. The Kier molecular flexibility index (Phi) is 0.736. The van der Waals surface area contributed by atoms with Gasteiger partial charge in [-0.3, -0.25) is 0 Å². The average molecular weight is 112 g/mol. The zero-order valence-electron chi connectivity index (χ0n) is 4.24. The lowest BCUT2D eigenvalue weighted by Crippen LogP contribution is -1.77. The summed E-state index contributed by atoms with van der Waals surface area (Å²) in [6.07, 6.45) is 5.71. The van der Waals surface area contributed by atoms with Gasteiger partial charge >= 0.3 is 0 Å². The summed E-state index contributed by atoms with van der Waals surface area (Å²) in [4.78, 5) is 3.43. The molecule has 1 aliphatic carbocycles. The minimum Gasteiger partial charge on any atom is -0.0973 e. The highest BCUT2D eigenvalue weighted by Gasteiger charge is 2.24. The van der Waals surface area contributed by atoms with E-state index in [1.807, 2.05) is 11.8 Å². The Hall–Kier alpha value is 0.0900.